The SMILES string of the molecule is Cc1ccc(O)c(C(=O)N[C@H]2CCN(C3CC3)C2)c1. The second kappa shape index (κ2) is 4.85. The van der Waals surface area contributed by atoms with E-state index in [1.54, 1.807) is 18.2 Å². The van der Waals surface area contributed by atoms with Crippen LogP contribution in [0.5, 0.6) is 5.75 Å². The number of rotatable bonds is 3. The molecule has 0 unspecified atom stereocenters. The van der Waals surface area contributed by atoms with E-state index in [2.05, 4.69) is 10.2 Å². The van der Waals surface area contributed by atoms with Crippen LogP contribution in [0.25, 0.3) is 0 Å². The maximum atomic E-state index is 12.2. The number of amides is 1. The van der Waals surface area contributed by atoms with Crippen LogP contribution in [0.15, 0.2) is 18.2 Å². The molecule has 2 aliphatic rings. The van der Waals surface area contributed by atoms with Gasteiger partial charge in [-0.15, -0.1) is 0 Å². The highest BCUT2D eigenvalue weighted by Gasteiger charge is 2.34. The van der Waals surface area contributed by atoms with Gasteiger partial charge in [0.2, 0.25) is 0 Å². The zero-order valence-electron chi connectivity index (χ0n) is 11.2. The van der Waals surface area contributed by atoms with Crippen LogP contribution in [0.3, 0.4) is 0 Å². The van der Waals surface area contributed by atoms with Crippen LogP contribution in [0.2, 0.25) is 0 Å². The van der Waals surface area contributed by atoms with Crippen molar-refractivity contribution >= 4 is 5.91 Å². The molecule has 3 rings (SSSR count). The number of nitrogens with zero attached hydrogens (tertiary/aromatic N) is 1. The number of nitrogens with one attached hydrogen (secondary N) is 1. The molecule has 4 nitrogen and oxygen atoms in total. The second-order valence-electron chi connectivity index (χ2n) is 5.71. The fourth-order valence-corrected chi connectivity index (χ4v) is 2.77. The third-order valence-corrected chi connectivity index (χ3v) is 4.01. The average Bonchev–Trinajstić information content (AvgIpc) is 3.13. The minimum atomic E-state index is -0.163. The lowest BCUT2D eigenvalue weighted by atomic mass is 10.1. The Morgan fingerprint density at radius 1 is 1.37 bits per heavy atom. The predicted octanol–water partition coefficient (Wildman–Crippen LogP) is 1.67. The molecule has 4 heteroatoms. The van der Waals surface area contributed by atoms with Gasteiger partial charge in [-0.05, 0) is 38.3 Å². The van der Waals surface area contributed by atoms with E-state index in [-0.39, 0.29) is 17.7 Å². The summed E-state index contributed by atoms with van der Waals surface area (Å²) < 4.78 is 0. The topological polar surface area (TPSA) is 52.6 Å². The Labute approximate surface area is 113 Å². The highest BCUT2D eigenvalue weighted by molar-refractivity contribution is 5.97. The summed E-state index contributed by atoms with van der Waals surface area (Å²) in [6, 6.07) is 6.09. The maximum Gasteiger partial charge on any atom is 0.255 e. The van der Waals surface area contributed by atoms with Crippen molar-refractivity contribution in [3.63, 3.8) is 0 Å². The van der Waals surface area contributed by atoms with Crippen molar-refractivity contribution in [1.82, 2.24) is 10.2 Å². The molecule has 1 atom stereocenters. The van der Waals surface area contributed by atoms with Crippen molar-refractivity contribution < 1.29 is 9.90 Å². The molecule has 0 aromatic heterocycles. The van der Waals surface area contributed by atoms with Crippen molar-refractivity contribution in [2.75, 3.05) is 13.1 Å². The number of likely N-dealkylation sites (tertiary alicyclic amines) is 1. The zero-order valence-corrected chi connectivity index (χ0v) is 11.2. The molecule has 19 heavy (non-hydrogen) atoms. The van der Waals surface area contributed by atoms with Gasteiger partial charge in [0.05, 0.1) is 5.56 Å². The van der Waals surface area contributed by atoms with E-state index in [1.165, 1.54) is 12.8 Å². The van der Waals surface area contributed by atoms with E-state index in [0.29, 0.717) is 5.56 Å². The fraction of sp³-hybridized carbons (Fsp3) is 0.533. The van der Waals surface area contributed by atoms with E-state index < -0.39 is 0 Å². The Morgan fingerprint density at radius 2 is 2.16 bits per heavy atom. The number of hydrogen-bond acceptors (Lipinski definition) is 3. The van der Waals surface area contributed by atoms with Gasteiger partial charge in [-0.25, -0.2) is 0 Å². The number of phenols is 1. The molecular weight excluding hydrogens is 240 g/mol. The molecule has 102 valence electrons. The molecular formula is C15H20N2O2. The lowest BCUT2D eigenvalue weighted by molar-refractivity contribution is 0.0934. The minimum Gasteiger partial charge on any atom is -0.507 e. The quantitative estimate of drug-likeness (QED) is 0.869. The summed E-state index contributed by atoms with van der Waals surface area (Å²) in [4.78, 5) is 14.6. The Bertz CT molecular complexity index is 497. The van der Waals surface area contributed by atoms with Crippen LogP contribution in [0, 0.1) is 6.92 Å². The van der Waals surface area contributed by atoms with E-state index in [0.717, 1.165) is 31.1 Å². The third kappa shape index (κ3) is 2.73. The standard InChI is InChI=1S/C15H20N2O2/c1-10-2-5-14(18)13(8-10)15(19)16-11-6-7-17(9-11)12-3-4-12/h2,5,8,11-12,18H,3-4,6-7,9H2,1H3,(H,16,19)/t11-/m0/s1. The van der Waals surface area contributed by atoms with Gasteiger partial charge in [-0.1, -0.05) is 11.6 Å². The first-order valence-electron chi connectivity index (χ1n) is 6.98. The summed E-state index contributed by atoms with van der Waals surface area (Å²) in [5.41, 5.74) is 1.36. The first-order valence-corrected chi connectivity index (χ1v) is 6.98. The molecule has 0 bridgehead atoms. The molecule has 2 fully saturated rings. The first kappa shape index (κ1) is 12.5. The van der Waals surface area contributed by atoms with Gasteiger partial charge >= 0.3 is 0 Å². The van der Waals surface area contributed by atoms with Crippen LogP contribution in [-0.2, 0) is 0 Å². The van der Waals surface area contributed by atoms with Gasteiger partial charge in [-0.3, -0.25) is 9.69 Å². The lowest BCUT2D eigenvalue weighted by Crippen LogP contribution is -2.37. The number of carbonyl (C=O) groups is 1. The molecule has 1 saturated heterocycles. The predicted molar refractivity (Wildman–Crippen MR) is 73.3 cm³/mol. The molecule has 1 amide bonds. The molecule has 1 saturated carbocycles. The molecule has 1 aliphatic carbocycles. The van der Waals surface area contributed by atoms with E-state index in [4.69, 9.17) is 0 Å². The molecule has 0 spiro atoms. The van der Waals surface area contributed by atoms with E-state index >= 15 is 0 Å². The zero-order chi connectivity index (χ0) is 13.4. The molecule has 1 heterocycles. The van der Waals surface area contributed by atoms with Gasteiger partial charge in [0.1, 0.15) is 5.75 Å². The Balaban J connectivity index is 1.63. The monoisotopic (exact) mass is 260 g/mol. The van der Waals surface area contributed by atoms with E-state index in [9.17, 15) is 9.90 Å². The highest BCUT2D eigenvalue weighted by Crippen LogP contribution is 2.30. The largest absolute Gasteiger partial charge is 0.507 e. The summed E-state index contributed by atoms with van der Waals surface area (Å²) in [6.07, 6.45) is 3.62. The number of carbonyl (C=O) groups excluding carboxylic acids is 1. The van der Waals surface area contributed by atoms with Gasteiger partial charge in [-0.2, -0.15) is 0 Å². The summed E-state index contributed by atoms with van der Waals surface area (Å²) in [5, 5.41) is 12.8. The van der Waals surface area contributed by atoms with Crippen molar-refractivity contribution in [3.8, 4) is 5.75 Å². The summed E-state index contributed by atoms with van der Waals surface area (Å²) in [6.45, 7) is 3.94. The lowest BCUT2D eigenvalue weighted by Gasteiger charge is -2.16. The van der Waals surface area contributed by atoms with Crippen molar-refractivity contribution in [2.24, 2.45) is 0 Å². The fourth-order valence-electron chi connectivity index (χ4n) is 2.77. The summed E-state index contributed by atoms with van der Waals surface area (Å²) >= 11 is 0. The second-order valence-corrected chi connectivity index (χ2v) is 5.71. The van der Waals surface area contributed by atoms with E-state index in [1.807, 2.05) is 6.92 Å². The Hall–Kier alpha value is -1.55. The van der Waals surface area contributed by atoms with Crippen molar-refractivity contribution in [2.45, 2.75) is 38.3 Å². The molecule has 1 aromatic rings. The minimum absolute atomic E-state index is 0.0557. The normalized spacial score (nSPS) is 23.5. The Morgan fingerprint density at radius 3 is 2.89 bits per heavy atom. The molecule has 1 aromatic carbocycles. The maximum absolute atomic E-state index is 12.2. The van der Waals surface area contributed by atoms with Crippen molar-refractivity contribution in [3.05, 3.63) is 29.3 Å². The van der Waals surface area contributed by atoms with Crippen LogP contribution < -0.4 is 5.32 Å². The van der Waals surface area contributed by atoms with Gasteiger partial charge in [0.15, 0.2) is 0 Å². The molecule has 1 aliphatic heterocycles. The number of aromatic hydroxyl groups is 1. The molecule has 2 N–H and O–H groups in total. The number of aryl methyl sites for hydroxylation is 1. The van der Waals surface area contributed by atoms with Gasteiger partial charge in [0.25, 0.3) is 5.91 Å². The van der Waals surface area contributed by atoms with Crippen LogP contribution in [0.4, 0.5) is 0 Å². The number of benzene rings is 1. The third-order valence-electron chi connectivity index (χ3n) is 4.01. The Kier molecular flexibility index (Phi) is 3.19. The number of hydrogen-bond donors (Lipinski definition) is 2. The number of phenolic OH excluding ortho intramolecular Hbond substituents is 1. The van der Waals surface area contributed by atoms with Crippen LogP contribution >= 0.6 is 0 Å². The first-order chi connectivity index (χ1) is 9.13. The smallest absolute Gasteiger partial charge is 0.255 e. The van der Waals surface area contributed by atoms with Crippen molar-refractivity contribution in [1.29, 1.82) is 0 Å². The summed E-state index contributed by atoms with van der Waals surface area (Å²) in [7, 11) is 0. The molecule has 0 radical (unpaired) electrons. The van der Waals surface area contributed by atoms with Crippen LogP contribution in [-0.4, -0.2) is 41.1 Å². The van der Waals surface area contributed by atoms with Crippen LogP contribution in [0.1, 0.15) is 35.2 Å². The van der Waals surface area contributed by atoms with Gasteiger partial charge < -0.3 is 10.4 Å². The average molecular weight is 260 g/mol. The highest BCUT2D eigenvalue weighted by atomic mass is 16.3. The summed E-state index contributed by atoms with van der Waals surface area (Å²) in [5.74, 6) is -0.107. The van der Waals surface area contributed by atoms with Gasteiger partial charge in [0, 0.05) is 25.2 Å².